The lowest BCUT2D eigenvalue weighted by Gasteiger charge is -2.19. The van der Waals surface area contributed by atoms with Crippen LogP contribution in [0.25, 0.3) is 0 Å². The molecule has 3 rings (SSSR count). The predicted molar refractivity (Wildman–Crippen MR) is 97.2 cm³/mol. The number of halogens is 2. The minimum absolute atomic E-state index is 0.113. The average molecular weight is 363 g/mol. The van der Waals surface area contributed by atoms with E-state index in [1.807, 2.05) is 19.1 Å². The van der Waals surface area contributed by atoms with E-state index in [4.69, 9.17) is 23.2 Å². The Morgan fingerprint density at radius 3 is 2.62 bits per heavy atom. The molecule has 0 atom stereocenters. The molecule has 2 amide bonds. The second kappa shape index (κ2) is 6.83. The number of nitrogens with one attached hydrogen (secondary N) is 1. The molecule has 6 heteroatoms. The summed E-state index contributed by atoms with van der Waals surface area (Å²) in [6.07, 6.45) is 1.42. The zero-order valence-electron chi connectivity index (χ0n) is 13.1. The first-order chi connectivity index (χ1) is 11.5. The zero-order chi connectivity index (χ0) is 17.3. The molecule has 2 aromatic carbocycles. The van der Waals surface area contributed by atoms with E-state index in [1.54, 1.807) is 23.1 Å². The van der Waals surface area contributed by atoms with Crippen LogP contribution in [0, 0.1) is 6.92 Å². The highest BCUT2D eigenvalue weighted by Gasteiger charge is 2.23. The van der Waals surface area contributed by atoms with Crippen molar-refractivity contribution in [1.82, 2.24) is 0 Å². The summed E-state index contributed by atoms with van der Waals surface area (Å²) in [5.41, 5.74) is 2.79. The molecular weight excluding hydrogens is 347 g/mol. The molecule has 4 nitrogen and oxygen atoms in total. The number of carbonyl (C=O) groups excluding carboxylic acids is 2. The number of rotatable bonds is 3. The molecule has 0 bridgehead atoms. The van der Waals surface area contributed by atoms with Crippen molar-refractivity contribution in [3.63, 3.8) is 0 Å². The van der Waals surface area contributed by atoms with Crippen LogP contribution in [0.4, 0.5) is 11.4 Å². The minimum Gasteiger partial charge on any atom is -0.322 e. The van der Waals surface area contributed by atoms with Crippen LogP contribution in [0.2, 0.25) is 10.0 Å². The van der Waals surface area contributed by atoms with Gasteiger partial charge in [-0.2, -0.15) is 0 Å². The van der Waals surface area contributed by atoms with Gasteiger partial charge in [-0.3, -0.25) is 9.59 Å². The topological polar surface area (TPSA) is 49.4 Å². The van der Waals surface area contributed by atoms with E-state index >= 15 is 0 Å². The van der Waals surface area contributed by atoms with Gasteiger partial charge in [-0.15, -0.1) is 0 Å². The molecule has 0 saturated carbocycles. The van der Waals surface area contributed by atoms with Crippen LogP contribution in [-0.2, 0) is 4.79 Å². The highest BCUT2D eigenvalue weighted by Crippen LogP contribution is 2.29. The second-order valence-corrected chi connectivity index (χ2v) is 6.57. The first-order valence-electron chi connectivity index (χ1n) is 7.63. The fourth-order valence-electron chi connectivity index (χ4n) is 2.75. The first-order valence-corrected chi connectivity index (χ1v) is 8.39. The van der Waals surface area contributed by atoms with E-state index in [0.717, 1.165) is 17.7 Å². The maximum Gasteiger partial charge on any atom is 0.257 e. The van der Waals surface area contributed by atoms with Crippen molar-refractivity contribution in [1.29, 1.82) is 0 Å². The average Bonchev–Trinajstić information content (AvgIpc) is 2.95. The third-order valence-corrected chi connectivity index (χ3v) is 4.55. The zero-order valence-corrected chi connectivity index (χ0v) is 14.6. The molecule has 1 aliphatic heterocycles. The van der Waals surface area contributed by atoms with Gasteiger partial charge in [0.25, 0.3) is 5.91 Å². The molecule has 1 fully saturated rings. The van der Waals surface area contributed by atoms with Gasteiger partial charge in [-0.05, 0) is 49.2 Å². The Hall–Kier alpha value is -2.04. The van der Waals surface area contributed by atoms with E-state index in [2.05, 4.69) is 5.32 Å². The highest BCUT2D eigenvalue weighted by molar-refractivity contribution is 6.37. The molecule has 1 N–H and O–H groups in total. The normalized spacial score (nSPS) is 14.1. The Kier molecular flexibility index (Phi) is 4.78. The molecule has 2 aromatic rings. The van der Waals surface area contributed by atoms with Crippen molar-refractivity contribution in [3.8, 4) is 0 Å². The number of hydrogen-bond donors (Lipinski definition) is 1. The summed E-state index contributed by atoms with van der Waals surface area (Å²) in [4.78, 5) is 26.1. The number of hydrogen-bond acceptors (Lipinski definition) is 2. The van der Waals surface area contributed by atoms with Crippen molar-refractivity contribution in [2.45, 2.75) is 19.8 Å². The number of nitrogens with zero attached hydrogens (tertiary/aromatic N) is 1. The molecule has 0 spiro atoms. The summed E-state index contributed by atoms with van der Waals surface area (Å²) >= 11 is 11.9. The van der Waals surface area contributed by atoms with Crippen LogP contribution >= 0.6 is 23.2 Å². The summed E-state index contributed by atoms with van der Waals surface area (Å²) in [6, 6.07) is 10.2. The molecule has 0 aromatic heterocycles. The van der Waals surface area contributed by atoms with Crippen molar-refractivity contribution in [2.24, 2.45) is 0 Å². The van der Waals surface area contributed by atoms with Crippen LogP contribution < -0.4 is 10.2 Å². The maximum atomic E-state index is 12.4. The molecule has 1 saturated heterocycles. The minimum atomic E-state index is -0.320. The standard InChI is InChI=1S/C18H16Cl2N2O2/c1-11-4-6-13(10-16(11)22-8-2-3-17(22)23)21-18(24)14-7-5-12(19)9-15(14)20/h4-7,9-10H,2-3,8H2,1H3,(H,21,24). The van der Waals surface area contributed by atoms with Crippen LogP contribution in [0.1, 0.15) is 28.8 Å². The molecule has 1 aliphatic rings. The molecular formula is C18H16Cl2N2O2. The van der Waals surface area contributed by atoms with Crippen LogP contribution in [0.15, 0.2) is 36.4 Å². The van der Waals surface area contributed by atoms with E-state index in [1.165, 1.54) is 6.07 Å². The Balaban J connectivity index is 1.85. The monoisotopic (exact) mass is 362 g/mol. The third-order valence-electron chi connectivity index (χ3n) is 4.01. The van der Waals surface area contributed by atoms with Gasteiger partial charge in [0, 0.05) is 29.4 Å². The number of amides is 2. The Bertz CT molecular complexity index is 821. The summed E-state index contributed by atoms with van der Waals surface area (Å²) in [6.45, 7) is 2.66. The van der Waals surface area contributed by atoms with Gasteiger partial charge in [0.2, 0.25) is 5.91 Å². The molecule has 0 aliphatic carbocycles. The van der Waals surface area contributed by atoms with Crippen molar-refractivity contribution < 1.29 is 9.59 Å². The number of anilines is 2. The molecule has 24 heavy (non-hydrogen) atoms. The molecule has 124 valence electrons. The first kappa shape index (κ1) is 16.8. The summed E-state index contributed by atoms with van der Waals surface area (Å²) in [5, 5.41) is 3.59. The van der Waals surface area contributed by atoms with Crippen LogP contribution in [0.5, 0.6) is 0 Å². The highest BCUT2D eigenvalue weighted by atomic mass is 35.5. The fraction of sp³-hybridized carbons (Fsp3) is 0.222. The van der Waals surface area contributed by atoms with Gasteiger partial charge < -0.3 is 10.2 Å². The van der Waals surface area contributed by atoms with Gasteiger partial charge in [0.05, 0.1) is 10.6 Å². The second-order valence-electron chi connectivity index (χ2n) is 5.73. The van der Waals surface area contributed by atoms with E-state index < -0.39 is 0 Å². The molecule has 0 radical (unpaired) electrons. The van der Waals surface area contributed by atoms with Crippen LogP contribution in [-0.4, -0.2) is 18.4 Å². The quantitative estimate of drug-likeness (QED) is 0.861. The Morgan fingerprint density at radius 2 is 1.96 bits per heavy atom. The lowest BCUT2D eigenvalue weighted by atomic mass is 10.1. The van der Waals surface area contributed by atoms with E-state index in [0.29, 0.717) is 34.3 Å². The maximum absolute atomic E-state index is 12.4. The Labute approximate surface area is 150 Å². The van der Waals surface area contributed by atoms with Crippen molar-refractivity contribution >= 4 is 46.4 Å². The summed E-state index contributed by atoms with van der Waals surface area (Å²) < 4.78 is 0. The Morgan fingerprint density at radius 1 is 1.17 bits per heavy atom. The summed E-state index contributed by atoms with van der Waals surface area (Å²) in [5.74, 6) is -0.207. The lowest BCUT2D eigenvalue weighted by Crippen LogP contribution is -2.24. The van der Waals surface area contributed by atoms with E-state index in [9.17, 15) is 9.59 Å². The van der Waals surface area contributed by atoms with Crippen LogP contribution in [0.3, 0.4) is 0 Å². The lowest BCUT2D eigenvalue weighted by molar-refractivity contribution is -0.117. The number of benzene rings is 2. The molecule has 0 unspecified atom stereocenters. The van der Waals surface area contributed by atoms with Gasteiger partial charge in [-0.25, -0.2) is 0 Å². The number of carbonyl (C=O) groups is 2. The number of aryl methyl sites for hydroxylation is 1. The third kappa shape index (κ3) is 3.40. The largest absolute Gasteiger partial charge is 0.322 e. The van der Waals surface area contributed by atoms with Gasteiger partial charge >= 0.3 is 0 Å². The van der Waals surface area contributed by atoms with Gasteiger partial charge in [0.1, 0.15) is 0 Å². The van der Waals surface area contributed by atoms with Crippen molar-refractivity contribution in [2.75, 3.05) is 16.8 Å². The SMILES string of the molecule is Cc1ccc(NC(=O)c2ccc(Cl)cc2Cl)cc1N1CCCC1=O. The fourth-order valence-corrected chi connectivity index (χ4v) is 3.25. The van der Waals surface area contributed by atoms with Gasteiger partial charge in [0.15, 0.2) is 0 Å². The van der Waals surface area contributed by atoms with Gasteiger partial charge in [-0.1, -0.05) is 29.3 Å². The molecule has 1 heterocycles. The predicted octanol–water partition coefficient (Wildman–Crippen LogP) is 4.68. The van der Waals surface area contributed by atoms with Crippen molar-refractivity contribution in [3.05, 3.63) is 57.6 Å². The smallest absolute Gasteiger partial charge is 0.257 e. The summed E-state index contributed by atoms with van der Waals surface area (Å²) in [7, 11) is 0. The van der Waals surface area contributed by atoms with E-state index in [-0.39, 0.29) is 11.8 Å².